The second-order valence-electron chi connectivity index (χ2n) is 7.47. The molecule has 1 heterocycles. The average Bonchev–Trinajstić information content (AvgIpc) is 2.37. The van der Waals surface area contributed by atoms with Crippen LogP contribution in [0.4, 0.5) is 4.79 Å². The van der Waals surface area contributed by atoms with Gasteiger partial charge in [-0.3, -0.25) is 4.79 Å². The van der Waals surface area contributed by atoms with E-state index in [0.29, 0.717) is 13.1 Å². The van der Waals surface area contributed by atoms with Crippen molar-refractivity contribution in [3.63, 3.8) is 0 Å². The minimum Gasteiger partial charge on any atom is -0.481 e. The molecule has 1 unspecified atom stereocenters. The summed E-state index contributed by atoms with van der Waals surface area (Å²) >= 11 is 0. The van der Waals surface area contributed by atoms with Gasteiger partial charge >= 0.3 is 12.1 Å². The molecule has 0 radical (unpaired) electrons. The van der Waals surface area contributed by atoms with Crippen LogP contribution in [0.3, 0.4) is 0 Å². The lowest BCUT2D eigenvalue weighted by Gasteiger charge is -2.47. The van der Waals surface area contributed by atoms with Crippen molar-refractivity contribution in [2.75, 3.05) is 13.1 Å². The van der Waals surface area contributed by atoms with Crippen molar-refractivity contribution in [3.8, 4) is 0 Å². The van der Waals surface area contributed by atoms with Gasteiger partial charge in [-0.1, -0.05) is 12.8 Å². The molecule has 1 saturated heterocycles. The van der Waals surface area contributed by atoms with Crippen LogP contribution < -0.4 is 0 Å². The normalized spacial score (nSPS) is 25.7. The minimum absolute atomic E-state index is 0.109. The van der Waals surface area contributed by atoms with E-state index in [1.165, 1.54) is 0 Å². The number of aliphatic carboxylic acids is 1. The molecule has 1 atom stereocenters. The largest absolute Gasteiger partial charge is 0.481 e. The van der Waals surface area contributed by atoms with Gasteiger partial charge in [-0.05, 0) is 51.9 Å². The van der Waals surface area contributed by atoms with Gasteiger partial charge in [0.25, 0.3) is 0 Å². The molecule has 1 spiro atoms. The Morgan fingerprint density at radius 2 is 1.76 bits per heavy atom. The summed E-state index contributed by atoms with van der Waals surface area (Å²) in [6, 6.07) is 0. The van der Waals surface area contributed by atoms with Crippen LogP contribution in [0.2, 0.25) is 0 Å². The Balaban J connectivity index is 1.98. The highest BCUT2D eigenvalue weighted by Crippen LogP contribution is 2.48. The smallest absolute Gasteiger partial charge is 0.410 e. The number of ether oxygens (including phenoxy) is 1. The lowest BCUT2D eigenvalue weighted by Crippen LogP contribution is -2.50. The van der Waals surface area contributed by atoms with Crippen LogP contribution in [0.5, 0.6) is 0 Å². The molecule has 120 valence electrons. The maximum atomic E-state index is 12.1. The van der Waals surface area contributed by atoms with Crippen LogP contribution in [0.15, 0.2) is 0 Å². The molecule has 1 amide bonds. The van der Waals surface area contributed by atoms with E-state index < -0.39 is 11.6 Å². The number of carbonyl (C=O) groups is 2. The first-order chi connectivity index (χ1) is 9.73. The number of nitrogens with zero attached hydrogens (tertiary/aromatic N) is 1. The molecule has 0 bridgehead atoms. The molecule has 21 heavy (non-hydrogen) atoms. The fourth-order valence-electron chi connectivity index (χ4n) is 3.75. The third kappa shape index (κ3) is 3.69. The first-order valence-corrected chi connectivity index (χ1v) is 7.94. The van der Waals surface area contributed by atoms with E-state index in [-0.39, 0.29) is 17.4 Å². The average molecular weight is 297 g/mol. The van der Waals surface area contributed by atoms with Crippen molar-refractivity contribution in [3.05, 3.63) is 0 Å². The highest BCUT2D eigenvalue weighted by atomic mass is 16.6. The van der Waals surface area contributed by atoms with Crippen molar-refractivity contribution < 1.29 is 19.4 Å². The van der Waals surface area contributed by atoms with Crippen molar-refractivity contribution >= 4 is 12.1 Å². The number of carboxylic acid groups (broad SMARTS) is 1. The van der Waals surface area contributed by atoms with E-state index in [9.17, 15) is 14.7 Å². The fraction of sp³-hybridized carbons (Fsp3) is 0.875. The summed E-state index contributed by atoms with van der Waals surface area (Å²) in [5, 5.41) is 9.48. The standard InChI is InChI=1S/C16H27NO4/c1-15(2,3)21-14(20)17-10-8-16(9-11-17)7-5-4-6-12(16)13(18)19/h12H,4-11H2,1-3H3,(H,18,19). The predicted molar refractivity (Wildman–Crippen MR) is 79.1 cm³/mol. The van der Waals surface area contributed by atoms with Gasteiger partial charge in [0, 0.05) is 13.1 Å². The molecule has 1 aliphatic heterocycles. The Morgan fingerprint density at radius 1 is 1.14 bits per heavy atom. The number of carbonyl (C=O) groups excluding carboxylic acids is 1. The summed E-state index contributed by atoms with van der Waals surface area (Å²) in [7, 11) is 0. The fourth-order valence-corrected chi connectivity index (χ4v) is 3.75. The Labute approximate surface area is 126 Å². The maximum absolute atomic E-state index is 12.1. The molecule has 1 saturated carbocycles. The highest BCUT2D eigenvalue weighted by Gasteiger charge is 2.47. The number of rotatable bonds is 1. The zero-order valence-electron chi connectivity index (χ0n) is 13.4. The second kappa shape index (κ2) is 5.85. The summed E-state index contributed by atoms with van der Waals surface area (Å²) in [5.41, 5.74) is -0.594. The second-order valence-corrected chi connectivity index (χ2v) is 7.47. The van der Waals surface area contributed by atoms with Gasteiger partial charge in [-0.25, -0.2) is 4.79 Å². The minimum atomic E-state index is -0.666. The van der Waals surface area contributed by atoms with Gasteiger partial charge in [0.05, 0.1) is 5.92 Å². The molecule has 2 rings (SSSR count). The van der Waals surface area contributed by atoms with Crippen molar-refractivity contribution in [1.29, 1.82) is 0 Å². The van der Waals surface area contributed by atoms with E-state index in [1.807, 2.05) is 20.8 Å². The topological polar surface area (TPSA) is 66.8 Å². The van der Waals surface area contributed by atoms with Crippen molar-refractivity contribution in [2.45, 2.75) is 64.9 Å². The number of hydrogen-bond donors (Lipinski definition) is 1. The number of amides is 1. The highest BCUT2D eigenvalue weighted by molar-refractivity contribution is 5.71. The Bertz CT molecular complexity index is 405. The van der Waals surface area contributed by atoms with Crippen LogP contribution in [0.1, 0.15) is 59.3 Å². The van der Waals surface area contributed by atoms with Gasteiger partial charge in [-0.2, -0.15) is 0 Å². The van der Waals surface area contributed by atoms with E-state index in [4.69, 9.17) is 4.74 Å². The van der Waals surface area contributed by atoms with Gasteiger partial charge in [0.2, 0.25) is 0 Å². The molecule has 1 N–H and O–H groups in total. The molecular formula is C16H27NO4. The molecule has 2 fully saturated rings. The van der Waals surface area contributed by atoms with Crippen molar-refractivity contribution in [1.82, 2.24) is 4.90 Å². The van der Waals surface area contributed by atoms with E-state index in [1.54, 1.807) is 4.90 Å². The van der Waals surface area contributed by atoms with Crippen molar-refractivity contribution in [2.24, 2.45) is 11.3 Å². The quantitative estimate of drug-likeness (QED) is 0.806. The first-order valence-electron chi connectivity index (χ1n) is 7.94. The van der Waals surface area contributed by atoms with Gasteiger partial charge in [-0.15, -0.1) is 0 Å². The molecule has 2 aliphatic rings. The number of piperidine rings is 1. The Kier molecular flexibility index (Phi) is 4.49. The number of hydrogen-bond acceptors (Lipinski definition) is 3. The number of carboxylic acids is 1. The van der Waals surface area contributed by atoms with Gasteiger partial charge in [0.15, 0.2) is 0 Å². The summed E-state index contributed by atoms with van der Waals surface area (Å²) in [5.74, 6) is -0.910. The molecule has 5 heteroatoms. The first kappa shape index (κ1) is 16.1. The SMILES string of the molecule is CC(C)(C)OC(=O)N1CCC2(CCCCC2C(=O)O)CC1. The van der Waals surface area contributed by atoms with E-state index in [0.717, 1.165) is 38.5 Å². The molecule has 0 aromatic rings. The summed E-state index contributed by atoms with van der Waals surface area (Å²) < 4.78 is 5.40. The third-order valence-electron chi connectivity index (χ3n) is 4.87. The van der Waals surface area contributed by atoms with E-state index in [2.05, 4.69) is 0 Å². The van der Waals surface area contributed by atoms with Crippen LogP contribution >= 0.6 is 0 Å². The molecular weight excluding hydrogens is 270 g/mol. The molecule has 0 aromatic carbocycles. The summed E-state index contributed by atoms with van der Waals surface area (Å²) in [4.78, 5) is 25.3. The lowest BCUT2D eigenvalue weighted by molar-refractivity contribution is -0.150. The van der Waals surface area contributed by atoms with Crippen LogP contribution in [-0.2, 0) is 9.53 Å². The lowest BCUT2D eigenvalue weighted by atomic mass is 9.61. The van der Waals surface area contributed by atoms with Gasteiger partial charge < -0.3 is 14.7 Å². The molecule has 1 aliphatic carbocycles. The monoisotopic (exact) mass is 297 g/mol. The Hall–Kier alpha value is -1.26. The third-order valence-corrected chi connectivity index (χ3v) is 4.87. The van der Waals surface area contributed by atoms with Crippen LogP contribution in [-0.4, -0.2) is 40.8 Å². The van der Waals surface area contributed by atoms with Crippen LogP contribution in [0.25, 0.3) is 0 Å². The van der Waals surface area contributed by atoms with Gasteiger partial charge in [0.1, 0.15) is 5.60 Å². The molecule has 0 aromatic heterocycles. The van der Waals surface area contributed by atoms with E-state index >= 15 is 0 Å². The maximum Gasteiger partial charge on any atom is 0.410 e. The number of likely N-dealkylation sites (tertiary alicyclic amines) is 1. The predicted octanol–water partition coefficient (Wildman–Crippen LogP) is 3.28. The molecule has 5 nitrogen and oxygen atoms in total. The van der Waals surface area contributed by atoms with Crippen LogP contribution in [0, 0.1) is 11.3 Å². The zero-order valence-corrected chi connectivity index (χ0v) is 13.4. The summed E-state index contributed by atoms with van der Waals surface area (Å²) in [6.45, 7) is 6.80. The zero-order chi connectivity index (χ0) is 15.7. The Morgan fingerprint density at radius 3 is 2.29 bits per heavy atom. The summed E-state index contributed by atoms with van der Waals surface area (Å²) in [6.07, 6.45) is 5.16.